The van der Waals surface area contributed by atoms with Crippen LogP contribution in [-0.4, -0.2) is 6.61 Å². The first kappa shape index (κ1) is 20.8. The minimum Gasteiger partial charge on any atom is -0.357 e. The first-order valence-electron chi connectivity index (χ1n) is 10.3. The van der Waals surface area contributed by atoms with Gasteiger partial charge < -0.3 is 4.74 Å². The predicted molar refractivity (Wildman–Crippen MR) is 123 cm³/mol. The molecule has 3 aromatic carbocycles. The number of allylic oxidation sites excluding steroid dienone is 3. The minimum atomic E-state index is -0.664. The van der Waals surface area contributed by atoms with Gasteiger partial charge >= 0.3 is 0 Å². The van der Waals surface area contributed by atoms with E-state index in [1.54, 1.807) is 0 Å². The Morgan fingerprint density at radius 3 is 1.59 bits per heavy atom. The van der Waals surface area contributed by atoms with Crippen LogP contribution in [0.5, 0.6) is 0 Å². The summed E-state index contributed by atoms with van der Waals surface area (Å²) >= 11 is 0. The molecule has 0 aromatic heterocycles. The minimum absolute atomic E-state index is 0.392. The van der Waals surface area contributed by atoms with Gasteiger partial charge in [-0.15, -0.1) is 0 Å². The summed E-state index contributed by atoms with van der Waals surface area (Å²) in [5.74, 6) is 0.392. The van der Waals surface area contributed by atoms with E-state index in [0.29, 0.717) is 12.5 Å². The Kier molecular flexibility index (Phi) is 7.21. The van der Waals surface area contributed by atoms with Gasteiger partial charge in [0.25, 0.3) is 0 Å². The zero-order valence-corrected chi connectivity index (χ0v) is 17.6. The van der Waals surface area contributed by atoms with Gasteiger partial charge in [-0.05, 0) is 36.5 Å². The average molecular weight is 383 g/mol. The Morgan fingerprint density at radius 2 is 1.21 bits per heavy atom. The van der Waals surface area contributed by atoms with Crippen LogP contribution in [0.15, 0.2) is 115 Å². The first-order chi connectivity index (χ1) is 14.2. The van der Waals surface area contributed by atoms with Gasteiger partial charge in [-0.3, -0.25) is 0 Å². The van der Waals surface area contributed by atoms with Crippen LogP contribution in [0.3, 0.4) is 0 Å². The maximum Gasteiger partial charge on any atom is 0.144 e. The Morgan fingerprint density at radius 1 is 0.793 bits per heavy atom. The van der Waals surface area contributed by atoms with E-state index in [-0.39, 0.29) is 0 Å². The van der Waals surface area contributed by atoms with Gasteiger partial charge in [0.05, 0.1) is 6.61 Å². The molecule has 1 heteroatoms. The molecule has 148 valence electrons. The molecule has 0 fully saturated rings. The SMILES string of the molecule is C/C=C/[C@H](C)/C=C(/C)COC(c1ccccc1)(c1ccccc1)c1ccccc1. The summed E-state index contributed by atoms with van der Waals surface area (Å²) in [6, 6.07) is 31.6. The molecule has 0 aliphatic heterocycles. The fourth-order valence-electron chi connectivity index (χ4n) is 3.85. The van der Waals surface area contributed by atoms with Crippen molar-refractivity contribution in [3.05, 3.63) is 131 Å². The van der Waals surface area contributed by atoms with Gasteiger partial charge in [-0.2, -0.15) is 0 Å². The van der Waals surface area contributed by atoms with Crippen molar-refractivity contribution >= 4 is 0 Å². The number of benzene rings is 3. The fraction of sp³-hybridized carbons (Fsp3) is 0.214. The fourth-order valence-corrected chi connectivity index (χ4v) is 3.85. The Labute approximate surface area is 175 Å². The van der Waals surface area contributed by atoms with Gasteiger partial charge in [0.15, 0.2) is 0 Å². The smallest absolute Gasteiger partial charge is 0.144 e. The lowest BCUT2D eigenvalue weighted by Gasteiger charge is -2.36. The summed E-state index contributed by atoms with van der Waals surface area (Å²) in [7, 11) is 0. The maximum atomic E-state index is 6.84. The summed E-state index contributed by atoms with van der Waals surface area (Å²) in [4.78, 5) is 0. The molecule has 0 radical (unpaired) electrons. The normalized spacial score (nSPS) is 13.6. The maximum absolute atomic E-state index is 6.84. The van der Waals surface area contributed by atoms with Crippen LogP contribution in [0.1, 0.15) is 37.5 Å². The lowest BCUT2D eigenvalue weighted by molar-refractivity contribution is 0.0277. The number of hydrogen-bond acceptors (Lipinski definition) is 1. The van der Waals surface area contributed by atoms with Crippen molar-refractivity contribution in [3.63, 3.8) is 0 Å². The van der Waals surface area contributed by atoms with Crippen molar-refractivity contribution < 1.29 is 4.74 Å². The molecular formula is C28H30O. The highest BCUT2D eigenvalue weighted by Gasteiger charge is 2.37. The Hall–Kier alpha value is -2.90. The second-order valence-electron chi connectivity index (χ2n) is 7.47. The standard InChI is InChI=1S/C28H30O/c1-4-14-23(2)21-24(3)22-29-28(25-15-8-5-9-16-25,26-17-10-6-11-18-26)27-19-12-7-13-20-27/h4-21,23H,22H2,1-3H3/b14-4+,24-21-/t23-/m0/s1. The van der Waals surface area contributed by atoms with Gasteiger partial charge in [-0.25, -0.2) is 0 Å². The molecule has 0 N–H and O–H groups in total. The van der Waals surface area contributed by atoms with Crippen LogP contribution in [0.4, 0.5) is 0 Å². The molecule has 0 amide bonds. The van der Waals surface area contributed by atoms with Crippen molar-refractivity contribution in [2.45, 2.75) is 26.4 Å². The van der Waals surface area contributed by atoms with Crippen molar-refractivity contribution in [3.8, 4) is 0 Å². The van der Waals surface area contributed by atoms with Crippen LogP contribution in [0.25, 0.3) is 0 Å². The molecule has 0 heterocycles. The molecular weight excluding hydrogens is 352 g/mol. The van der Waals surface area contributed by atoms with Gasteiger partial charge in [-0.1, -0.05) is 122 Å². The first-order valence-corrected chi connectivity index (χ1v) is 10.3. The summed E-state index contributed by atoms with van der Waals surface area (Å²) in [6.45, 7) is 6.95. The van der Waals surface area contributed by atoms with Gasteiger partial charge in [0, 0.05) is 0 Å². The van der Waals surface area contributed by atoms with E-state index < -0.39 is 5.60 Å². The molecule has 1 nitrogen and oxygen atoms in total. The monoisotopic (exact) mass is 382 g/mol. The Bertz CT molecular complexity index is 827. The second kappa shape index (κ2) is 10.0. The third kappa shape index (κ3) is 4.93. The zero-order chi connectivity index (χ0) is 20.5. The number of hydrogen-bond donors (Lipinski definition) is 0. The van der Waals surface area contributed by atoms with Crippen molar-refractivity contribution in [1.82, 2.24) is 0 Å². The third-order valence-electron chi connectivity index (χ3n) is 5.10. The lowest BCUT2D eigenvalue weighted by Crippen LogP contribution is -2.33. The second-order valence-corrected chi connectivity index (χ2v) is 7.47. The van der Waals surface area contributed by atoms with Crippen LogP contribution in [-0.2, 0) is 10.3 Å². The predicted octanol–water partition coefficient (Wildman–Crippen LogP) is 7.15. The van der Waals surface area contributed by atoms with Gasteiger partial charge in [0.1, 0.15) is 5.60 Å². The molecule has 0 unspecified atom stereocenters. The van der Waals surface area contributed by atoms with Crippen LogP contribution in [0.2, 0.25) is 0 Å². The highest BCUT2D eigenvalue weighted by atomic mass is 16.5. The molecule has 29 heavy (non-hydrogen) atoms. The highest BCUT2D eigenvalue weighted by molar-refractivity contribution is 5.47. The molecule has 3 aromatic rings. The molecule has 0 saturated heterocycles. The molecule has 0 bridgehead atoms. The van der Waals surface area contributed by atoms with E-state index >= 15 is 0 Å². The highest BCUT2D eigenvalue weighted by Crippen LogP contribution is 2.40. The summed E-state index contributed by atoms with van der Waals surface area (Å²) in [5.41, 5.74) is 3.95. The zero-order valence-electron chi connectivity index (χ0n) is 17.6. The number of ether oxygens (including phenoxy) is 1. The summed E-state index contributed by atoms with van der Waals surface area (Å²) in [6.07, 6.45) is 6.56. The van der Waals surface area contributed by atoms with E-state index in [1.807, 2.05) is 18.2 Å². The lowest BCUT2D eigenvalue weighted by atomic mass is 9.80. The van der Waals surface area contributed by atoms with Crippen LogP contribution < -0.4 is 0 Å². The number of rotatable bonds is 8. The van der Waals surface area contributed by atoms with Crippen molar-refractivity contribution in [2.24, 2.45) is 5.92 Å². The quantitative estimate of drug-likeness (QED) is 0.297. The molecule has 0 aliphatic rings. The summed E-state index contributed by atoms with van der Waals surface area (Å²) in [5, 5.41) is 0. The van der Waals surface area contributed by atoms with Crippen LogP contribution in [0, 0.1) is 5.92 Å². The molecule has 0 aliphatic carbocycles. The van der Waals surface area contributed by atoms with E-state index in [1.165, 1.54) is 5.57 Å². The average Bonchev–Trinajstić information content (AvgIpc) is 2.76. The third-order valence-corrected chi connectivity index (χ3v) is 5.10. The van der Waals surface area contributed by atoms with Crippen molar-refractivity contribution in [1.29, 1.82) is 0 Å². The molecule has 3 rings (SSSR count). The summed E-state index contributed by atoms with van der Waals surface area (Å²) < 4.78 is 6.84. The molecule has 0 spiro atoms. The van der Waals surface area contributed by atoms with Crippen molar-refractivity contribution in [2.75, 3.05) is 6.61 Å². The van der Waals surface area contributed by atoms with Crippen LogP contribution >= 0.6 is 0 Å². The largest absolute Gasteiger partial charge is 0.357 e. The van der Waals surface area contributed by atoms with Gasteiger partial charge in [0.2, 0.25) is 0 Å². The van der Waals surface area contributed by atoms with E-state index in [0.717, 1.165) is 16.7 Å². The molecule has 1 atom stereocenters. The van der Waals surface area contributed by atoms with E-state index in [9.17, 15) is 0 Å². The van der Waals surface area contributed by atoms with E-state index in [2.05, 4.69) is 112 Å². The Balaban J connectivity index is 2.10. The van der Waals surface area contributed by atoms with E-state index in [4.69, 9.17) is 4.74 Å². The topological polar surface area (TPSA) is 9.23 Å². The molecule has 0 saturated carbocycles.